The van der Waals surface area contributed by atoms with Crippen LogP contribution in [0.3, 0.4) is 0 Å². The van der Waals surface area contributed by atoms with Crippen molar-refractivity contribution in [2.45, 2.75) is 12.8 Å². The fraction of sp³-hybridized carbons (Fsp3) is 0.778. The number of hydrogen-bond acceptors (Lipinski definition) is 3. The van der Waals surface area contributed by atoms with E-state index in [-0.39, 0.29) is 0 Å². The summed E-state index contributed by atoms with van der Waals surface area (Å²) in [6.07, 6.45) is 2.48. The van der Waals surface area contributed by atoms with Gasteiger partial charge in [-0.3, -0.25) is 5.01 Å². The lowest BCUT2D eigenvalue weighted by Gasteiger charge is -2.30. The van der Waals surface area contributed by atoms with Crippen LogP contribution >= 0.6 is 24.4 Å². The second-order valence-electron chi connectivity index (χ2n) is 3.81. The second kappa shape index (κ2) is 5.58. The van der Waals surface area contributed by atoms with Gasteiger partial charge in [-0.2, -0.15) is 0 Å². The lowest BCUT2D eigenvalue weighted by molar-refractivity contribution is 0.103. The van der Waals surface area contributed by atoms with E-state index in [1.165, 1.54) is 12.8 Å². The smallest absolute Gasteiger partial charge is 0.189 e. The van der Waals surface area contributed by atoms with Gasteiger partial charge in [0.2, 0.25) is 0 Å². The summed E-state index contributed by atoms with van der Waals surface area (Å²) >= 11 is 10.4. The Kier molecular flexibility index (Phi) is 4.69. The first-order chi connectivity index (χ1) is 7.02. The van der Waals surface area contributed by atoms with Crippen LogP contribution in [0, 0.1) is 0 Å². The minimum atomic E-state index is 0.644. The first kappa shape index (κ1) is 12.6. The van der Waals surface area contributed by atoms with E-state index >= 15 is 0 Å². The molecule has 0 aromatic rings. The Morgan fingerprint density at radius 3 is 2.07 bits per heavy atom. The summed E-state index contributed by atoms with van der Waals surface area (Å²) in [4.78, 5) is 1.83. The van der Waals surface area contributed by atoms with Gasteiger partial charge in [0.05, 0.1) is 0 Å². The minimum Gasteiger partial charge on any atom is -0.355 e. The highest BCUT2D eigenvalue weighted by molar-refractivity contribution is 7.81. The molecule has 4 nitrogen and oxygen atoms in total. The van der Waals surface area contributed by atoms with Crippen molar-refractivity contribution in [3.63, 3.8) is 0 Å². The molecule has 0 aromatic carbocycles. The van der Waals surface area contributed by atoms with Crippen molar-refractivity contribution < 1.29 is 0 Å². The van der Waals surface area contributed by atoms with Crippen molar-refractivity contribution >= 4 is 34.7 Å². The summed E-state index contributed by atoms with van der Waals surface area (Å²) < 4.78 is 0. The van der Waals surface area contributed by atoms with Gasteiger partial charge in [-0.05, 0) is 37.3 Å². The van der Waals surface area contributed by atoms with Crippen LogP contribution in [0.15, 0.2) is 0 Å². The van der Waals surface area contributed by atoms with E-state index in [1.807, 2.05) is 31.1 Å². The summed E-state index contributed by atoms with van der Waals surface area (Å²) in [5.41, 5.74) is 0. The third-order valence-electron chi connectivity index (χ3n) is 2.42. The normalized spacial score (nSPS) is 16.2. The van der Waals surface area contributed by atoms with Crippen LogP contribution in [-0.4, -0.2) is 59.4 Å². The van der Waals surface area contributed by atoms with Gasteiger partial charge in [-0.15, -0.1) is 0 Å². The fourth-order valence-corrected chi connectivity index (χ4v) is 1.79. The lowest BCUT2D eigenvalue weighted by Crippen LogP contribution is -2.50. The molecule has 0 saturated carbocycles. The zero-order valence-electron chi connectivity index (χ0n) is 9.49. The van der Waals surface area contributed by atoms with Crippen molar-refractivity contribution in [2.24, 2.45) is 0 Å². The molecular formula is C9H18N4S2. The molecule has 15 heavy (non-hydrogen) atoms. The van der Waals surface area contributed by atoms with E-state index in [4.69, 9.17) is 24.4 Å². The van der Waals surface area contributed by atoms with Crippen molar-refractivity contribution in [1.82, 2.24) is 20.2 Å². The molecule has 1 saturated heterocycles. The maximum absolute atomic E-state index is 5.27. The number of nitrogens with one attached hydrogen (secondary N) is 1. The van der Waals surface area contributed by atoms with E-state index in [0.717, 1.165) is 13.1 Å². The average molecular weight is 246 g/mol. The average Bonchev–Trinajstić information content (AvgIpc) is 2.68. The predicted molar refractivity (Wildman–Crippen MR) is 70.6 cm³/mol. The van der Waals surface area contributed by atoms with Crippen molar-refractivity contribution in [2.75, 3.05) is 34.2 Å². The molecule has 0 unspecified atom stereocenters. The molecule has 0 amide bonds. The molecular weight excluding hydrogens is 228 g/mol. The number of hydrazine groups is 1. The fourth-order valence-electron chi connectivity index (χ4n) is 1.41. The highest BCUT2D eigenvalue weighted by Crippen LogP contribution is 2.09. The van der Waals surface area contributed by atoms with Crippen LogP contribution in [0.5, 0.6) is 0 Å². The van der Waals surface area contributed by atoms with Gasteiger partial charge in [-0.1, -0.05) is 0 Å². The number of thiocarbonyl (C=S) groups is 2. The quantitative estimate of drug-likeness (QED) is 0.681. The largest absolute Gasteiger partial charge is 0.355 e. The summed E-state index contributed by atoms with van der Waals surface area (Å²) in [5, 5.41) is 8.54. The predicted octanol–water partition coefficient (Wildman–Crippen LogP) is 0.650. The van der Waals surface area contributed by atoms with Gasteiger partial charge in [0.25, 0.3) is 0 Å². The van der Waals surface area contributed by atoms with Gasteiger partial charge in [0.15, 0.2) is 10.2 Å². The Bertz CT molecular complexity index is 248. The molecule has 0 aromatic heterocycles. The molecule has 0 aliphatic carbocycles. The zero-order chi connectivity index (χ0) is 11.4. The van der Waals surface area contributed by atoms with E-state index in [1.54, 1.807) is 0 Å². The molecule has 6 heteroatoms. The van der Waals surface area contributed by atoms with E-state index in [9.17, 15) is 0 Å². The molecule has 86 valence electrons. The maximum Gasteiger partial charge on any atom is 0.189 e. The molecule has 1 N–H and O–H groups in total. The number of hydrogen-bond donors (Lipinski definition) is 1. The Labute approximate surface area is 102 Å². The van der Waals surface area contributed by atoms with E-state index in [0.29, 0.717) is 10.2 Å². The Morgan fingerprint density at radius 1 is 1.07 bits per heavy atom. The van der Waals surface area contributed by atoms with Gasteiger partial charge in [0.1, 0.15) is 0 Å². The first-order valence-corrected chi connectivity index (χ1v) is 5.85. The van der Waals surface area contributed by atoms with Gasteiger partial charge < -0.3 is 10.2 Å². The van der Waals surface area contributed by atoms with Crippen molar-refractivity contribution in [1.29, 1.82) is 0 Å². The third-order valence-corrected chi connectivity index (χ3v) is 3.25. The Balaban J connectivity index is 2.42. The van der Waals surface area contributed by atoms with E-state index < -0.39 is 0 Å². The van der Waals surface area contributed by atoms with Gasteiger partial charge in [0, 0.05) is 34.2 Å². The summed E-state index contributed by atoms with van der Waals surface area (Å²) in [5.74, 6) is 0. The molecule has 0 bridgehead atoms. The lowest BCUT2D eigenvalue weighted by atomic mass is 10.4. The standard InChI is InChI=1S/C9H18N4S2/c1-11(2)8(14)10-9(15)12(3)13-6-4-5-7-13/h4-7H2,1-3H3,(H,10,14,15). The van der Waals surface area contributed by atoms with Crippen LogP contribution < -0.4 is 5.32 Å². The first-order valence-electron chi connectivity index (χ1n) is 5.03. The molecule has 1 rings (SSSR count). The summed E-state index contributed by atoms with van der Waals surface area (Å²) in [6.45, 7) is 2.15. The number of rotatable bonds is 1. The van der Waals surface area contributed by atoms with Crippen molar-refractivity contribution in [3.8, 4) is 0 Å². The van der Waals surface area contributed by atoms with Crippen LogP contribution in [-0.2, 0) is 0 Å². The Morgan fingerprint density at radius 2 is 1.60 bits per heavy atom. The van der Waals surface area contributed by atoms with Crippen LogP contribution in [0.25, 0.3) is 0 Å². The number of nitrogens with zero attached hydrogens (tertiary/aromatic N) is 3. The maximum atomic E-state index is 5.27. The highest BCUT2D eigenvalue weighted by atomic mass is 32.1. The molecule has 1 heterocycles. The highest BCUT2D eigenvalue weighted by Gasteiger charge is 2.18. The second-order valence-corrected chi connectivity index (χ2v) is 4.59. The van der Waals surface area contributed by atoms with Gasteiger partial charge >= 0.3 is 0 Å². The van der Waals surface area contributed by atoms with Gasteiger partial charge in [-0.25, -0.2) is 5.01 Å². The minimum absolute atomic E-state index is 0.644. The molecule has 0 radical (unpaired) electrons. The Hall–Kier alpha value is -0.460. The summed E-state index contributed by atoms with van der Waals surface area (Å²) in [6, 6.07) is 0. The molecule has 1 aliphatic heterocycles. The van der Waals surface area contributed by atoms with Crippen LogP contribution in [0.4, 0.5) is 0 Å². The van der Waals surface area contributed by atoms with Crippen LogP contribution in [0.1, 0.15) is 12.8 Å². The molecule has 1 fully saturated rings. The molecule has 0 spiro atoms. The van der Waals surface area contributed by atoms with Crippen molar-refractivity contribution in [3.05, 3.63) is 0 Å². The SMILES string of the molecule is CN(C)C(=S)NC(=S)N(C)N1CCCC1. The zero-order valence-corrected chi connectivity index (χ0v) is 11.1. The third kappa shape index (κ3) is 3.55. The van der Waals surface area contributed by atoms with Crippen LogP contribution in [0.2, 0.25) is 0 Å². The molecule has 0 atom stereocenters. The summed E-state index contributed by atoms with van der Waals surface area (Å²) in [7, 11) is 5.76. The topological polar surface area (TPSA) is 21.8 Å². The van der Waals surface area contributed by atoms with E-state index in [2.05, 4.69) is 10.3 Å². The molecule has 1 aliphatic rings. The monoisotopic (exact) mass is 246 g/mol.